The maximum absolute atomic E-state index is 4.99. The summed E-state index contributed by atoms with van der Waals surface area (Å²) in [6, 6.07) is 14.6. The van der Waals surface area contributed by atoms with E-state index in [9.17, 15) is 0 Å². The summed E-state index contributed by atoms with van der Waals surface area (Å²) in [6.45, 7) is 12.9. The second kappa shape index (κ2) is 9.22. The zero-order valence-electron chi connectivity index (χ0n) is 21.9. The van der Waals surface area contributed by atoms with Gasteiger partial charge in [0, 0.05) is 38.2 Å². The summed E-state index contributed by atoms with van der Waals surface area (Å²) in [7, 11) is 0. The molecule has 0 amide bonds. The number of fused-ring (bicyclic) bond motifs is 2. The number of allylic oxidation sites excluding steroid dienone is 1. The fraction of sp³-hybridized carbons (Fsp3) is 0.200. The minimum Gasteiger partial charge on any atom is -0.358 e. The number of aromatic amines is 2. The van der Waals surface area contributed by atoms with E-state index in [0.29, 0.717) is 0 Å². The van der Waals surface area contributed by atoms with Crippen LogP contribution in [0.3, 0.4) is 0 Å². The van der Waals surface area contributed by atoms with Gasteiger partial charge in [-0.1, -0.05) is 39.5 Å². The first-order valence-electron chi connectivity index (χ1n) is 12.5. The van der Waals surface area contributed by atoms with E-state index in [1.54, 1.807) is 17.5 Å². The van der Waals surface area contributed by atoms with Gasteiger partial charge in [0.2, 0.25) is 0 Å². The monoisotopic (exact) mass is 519 g/mol. The first kappa shape index (κ1) is 24.1. The number of aromatic nitrogens is 6. The van der Waals surface area contributed by atoms with Gasteiger partial charge in [0.25, 0.3) is 0 Å². The molecule has 0 aliphatic rings. The molecule has 0 saturated carbocycles. The molecule has 0 radical (unpaired) electrons. The minimum absolute atomic E-state index is 0.152. The Kier molecular flexibility index (Phi) is 5.84. The molecule has 190 valence electrons. The van der Waals surface area contributed by atoms with Crippen molar-refractivity contribution in [3.8, 4) is 33.2 Å². The second-order valence-corrected chi connectivity index (χ2v) is 12.1. The van der Waals surface area contributed by atoms with Crippen LogP contribution in [0.2, 0.25) is 0 Å². The number of imidazole rings is 1. The number of hydrogen-bond acceptors (Lipinski definition) is 6. The van der Waals surface area contributed by atoms with Gasteiger partial charge in [-0.25, -0.2) is 4.98 Å². The maximum atomic E-state index is 4.99. The highest BCUT2D eigenvalue weighted by molar-refractivity contribution is 7.15. The topological polar surface area (TPSA) is 95.2 Å². The number of rotatable bonds is 6. The number of pyridine rings is 2. The first-order chi connectivity index (χ1) is 18.2. The van der Waals surface area contributed by atoms with Gasteiger partial charge in [-0.05, 0) is 49.1 Å². The fourth-order valence-corrected chi connectivity index (χ4v) is 5.61. The van der Waals surface area contributed by atoms with Crippen molar-refractivity contribution < 1.29 is 0 Å². The predicted octanol–water partition coefficient (Wildman–Crippen LogP) is 7.96. The number of H-pyrrole nitrogens is 2. The Bertz CT molecular complexity index is 1800. The molecule has 7 nitrogen and oxygen atoms in total. The van der Waals surface area contributed by atoms with Crippen molar-refractivity contribution in [2.24, 2.45) is 5.41 Å². The Labute approximate surface area is 225 Å². The zero-order chi connectivity index (χ0) is 26.4. The summed E-state index contributed by atoms with van der Waals surface area (Å²) in [6.07, 6.45) is 6.30. The molecular weight excluding hydrogens is 490 g/mol. The normalized spacial score (nSPS) is 11.9. The van der Waals surface area contributed by atoms with Crippen molar-refractivity contribution in [3.63, 3.8) is 0 Å². The van der Waals surface area contributed by atoms with Crippen LogP contribution in [0.15, 0.2) is 73.3 Å². The van der Waals surface area contributed by atoms with Gasteiger partial charge >= 0.3 is 0 Å². The average Bonchev–Trinajstić information content (AvgIpc) is 3.60. The van der Waals surface area contributed by atoms with Crippen LogP contribution in [0.1, 0.15) is 32.1 Å². The Balaban J connectivity index is 1.36. The molecular formula is C30H29N7S. The molecule has 6 rings (SSSR count). The Morgan fingerprint density at radius 2 is 1.92 bits per heavy atom. The highest BCUT2D eigenvalue weighted by Gasteiger charge is 2.17. The van der Waals surface area contributed by atoms with Crippen LogP contribution in [0, 0.1) is 12.3 Å². The van der Waals surface area contributed by atoms with E-state index in [-0.39, 0.29) is 5.41 Å². The maximum Gasteiger partial charge on any atom is 0.159 e. The lowest BCUT2D eigenvalue weighted by Crippen LogP contribution is -2.10. The van der Waals surface area contributed by atoms with Crippen molar-refractivity contribution >= 4 is 39.0 Å². The van der Waals surface area contributed by atoms with Crippen molar-refractivity contribution in [2.75, 3.05) is 5.32 Å². The molecule has 0 bridgehead atoms. The van der Waals surface area contributed by atoms with Crippen LogP contribution < -0.4 is 5.32 Å². The standard InChI is InChI=1S/C30H29N7S/c1-17(13-30(3,4)5)33-20-11-19(14-31-15-20)24-12-22-25(16-32-24)36-37-28(22)29-34-23-8-6-7-21(27(23)35-29)26-10-9-18(2)38-26/h6-12,14-16,33H,1,13H2,2-5H3,(H,34,35)(H,36,37). The van der Waals surface area contributed by atoms with E-state index in [1.807, 2.05) is 24.5 Å². The molecule has 0 atom stereocenters. The molecule has 0 spiro atoms. The van der Waals surface area contributed by atoms with Crippen molar-refractivity contribution in [1.82, 2.24) is 30.1 Å². The highest BCUT2D eigenvalue weighted by atomic mass is 32.1. The van der Waals surface area contributed by atoms with Crippen molar-refractivity contribution in [3.05, 3.63) is 78.2 Å². The van der Waals surface area contributed by atoms with Crippen LogP contribution in [-0.2, 0) is 0 Å². The van der Waals surface area contributed by atoms with Gasteiger partial charge in [0.15, 0.2) is 5.82 Å². The smallest absolute Gasteiger partial charge is 0.159 e. The van der Waals surface area contributed by atoms with E-state index in [2.05, 4.69) is 95.1 Å². The lowest BCUT2D eigenvalue weighted by atomic mass is 9.91. The average molecular weight is 520 g/mol. The minimum atomic E-state index is 0.152. The van der Waals surface area contributed by atoms with Crippen LogP contribution >= 0.6 is 11.3 Å². The van der Waals surface area contributed by atoms with Gasteiger partial charge in [-0.2, -0.15) is 5.10 Å². The van der Waals surface area contributed by atoms with Crippen molar-refractivity contribution in [1.29, 1.82) is 0 Å². The summed E-state index contributed by atoms with van der Waals surface area (Å²) < 4.78 is 0. The SMILES string of the molecule is C=C(CC(C)(C)C)Nc1cncc(-c2cc3c(-c4nc5c(-c6ccc(C)s6)cccc5[nH]4)n[nH]c3cn2)c1. The molecule has 6 aromatic rings. The predicted molar refractivity (Wildman–Crippen MR) is 157 cm³/mol. The van der Waals surface area contributed by atoms with Gasteiger partial charge < -0.3 is 10.3 Å². The molecule has 0 fully saturated rings. The van der Waals surface area contributed by atoms with E-state index in [4.69, 9.17) is 4.98 Å². The summed E-state index contributed by atoms with van der Waals surface area (Å²) in [5.41, 5.74) is 8.36. The largest absolute Gasteiger partial charge is 0.358 e. The lowest BCUT2D eigenvalue weighted by Gasteiger charge is -2.20. The summed E-state index contributed by atoms with van der Waals surface area (Å²) >= 11 is 1.77. The lowest BCUT2D eigenvalue weighted by molar-refractivity contribution is 0.411. The van der Waals surface area contributed by atoms with Gasteiger partial charge in [0.05, 0.1) is 40.3 Å². The van der Waals surface area contributed by atoms with Crippen LogP contribution in [0.4, 0.5) is 5.69 Å². The number of thiophene rings is 1. The number of nitrogens with zero attached hydrogens (tertiary/aromatic N) is 4. The summed E-state index contributed by atoms with van der Waals surface area (Å²) in [5, 5.41) is 12.0. The molecule has 38 heavy (non-hydrogen) atoms. The van der Waals surface area contributed by atoms with Crippen LogP contribution in [0.25, 0.3) is 55.2 Å². The number of nitrogens with one attached hydrogen (secondary N) is 3. The van der Waals surface area contributed by atoms with Crippen LogP contribution in [0.5, 0.6) is 0 Å². The summed E-state index contributed by atoms with van der Waals surface area (Å²) in [4.78, 5) is 20.1. The highest BCUT2D eigenvalue weighted by Crippen LogP contribution is 2.35. The number of hydrogen-bond donors (Lipinski definition) is 3. The number of anilines is 1. The van der Waals surface area contributed by atoms with E-state index in [1.165, 1.54) is 9.75 Å². The quantitative estimate of drug-likeness (QED) is 0.207. The fourth-order valence-electron chi connectivity index (χ4n) is 4.71. The van der Waals surface area contributed by atoms with Crippen LogP contribution in [-0.4, -0.2) is 30.1 Å². The van der Waals surface area contributed by atoms with Crippen molar-refractivity contribution in [2.45, 2.75) is 34.1 Å². The van der Waals surface area contributed by atoms with Gasteiger partial charge in [-0.3, -0.25) is 15.1 Å². The molecule has 5 aromatic heterocycles. The molecule has 0 aliphatic heterocycles. The third-order valence-corrected chi connectivity index (χ3v) is 7.32. The molecule has 0 aliphatic carbocycles. The first-order valence-corrected chi connectivity index (χ1v) is 13.4. The Morgan fingerprint density at radius 1 is 1.05 bits per heavy atom. The molecule has 0 saturated heterocycles. The second-order valence-electron chi connectivity index (χ2n) is 10.8. The summed E-state index contributed by atoms with van der Waals surface area (Å²) in [5.74, 6) is 0.719. The van der Waals surface area contributed by atoms with E-state index >= 15 is 0 Å². The van der Waals surface area contributed by atoms with E-state index in [0.717, 1.165) is 68.1 Å². The number of aryl methyl sites for hydroxylation is 1. The third kappa shape index (κ3) is 4.70. The van der Waals surface area contributed by atoms with Gasteiger partial charge in [0.1, 0.15) is 5.69 Å². The van der Waals surface area contributed by atoms with E-state index < -0.39 is 0 Å². The number of benzene rings is 1. The number of para-hydroxylation sites is 1. The zero-order valence-corrected chi connectivity index (χ0v) is 22.7. The van der Waals surface area contributed by atoms with Gasteiger partial charge in [-0.15, -0.1) is 11.3 Å². The third-order valence-electron chi connectivity index (χ3n) is 6.29. The molecule has 3 N–H and O–H groups in total. The molecule has 1 aromatic carbocycles. The molecule has 0 unspecified atom stereocenters. The Morgan fingerprint density at radius 3 is 2.71 bits per heavy atom. The Hall–Kier alpha value is -4.30. The molecule has 8 heteroatoms. The molecule has 5 heterocycles.